The summed E-state index contributed by atoms with van der Waals surface area (Å²) in [7, 11) is -3.27. The van der Waals surface area contributed by atoms with E-state index in [1.165, 1.54) is 12.1 Å². The Labute approximate surface area is 214 Å². The van der Waals surface area contributed by atoms with Crippen LogP contribution in [0.25, 0.3) is 5.32 Å². The summed E-state index contributed by atoms with van der Waals surface area (Å²) in [5, 5.41) is 13.6. The van der Waals surface area contributed by atoms with Gasteiger partial charge in [0.1, 0.15) is 23.4 Å². The number of benzene rings is 2. The Kier molecular flexibility index (Phi) is 10.7. The Bertz CT molecular complexity index is 926. The third-order valence-electron chi connectivity index (χ3n) is 3.63. The largest absolute Gasteiger partial charge is 1.00 e. The van der Waals surface area contributed by atoms with Crippen LogP contribution in [0.5, 0.6) is 17.2 Å². The number of hydrogen-bond donors (Lipinski definition) is 2. The van der Waals surface area contributed by atoms with Crippen LogP contribution < -0.4 is 66.6 Å². The topological polar surface area (TPSA) is 113 Å². The van der Waals surface area contributed by atoms with Crippen LogP contribution in [0, 0.1) is 0 Å². The molecule has 0 heterocycles. The van der Waals surface area contributed by atoms with E-state index >= 15 is 0 Å². The second-order valence-electron chi connectivity index (χ2n) is 6.41. The van der Waals surface area contributed by atoms with Gasteiger partial charge in [-0.05, 0) is 55.9 Å². The summed E-state index contributed by atoms with van der Waals surface area (Å²) < 4.78 is 34.6. The Morgan fingerprint density at radius 1 is 1.17 bits per heavy atom. The molecule has 0 aliphatic heterocycles. The molecule has 7 nitrogen and oxygen atoms in total. The van der Waals surface area contributed by atoms with E-state index < -0.39 is 9.84 Å². The standard InChI is InChI=1S/C20H25N2O5S.K/c1-14(21)8-9-22-16-10-18(26-15(2)13-23)12-19(11-16)27-17-4-6-20(7-5-17)28(3,24)25;/h4-8,10-12,15,23H,9,13,21H2,1-3H3;/q-1;+1/b14-8-;/t15-;/m0./s1. The second-order valence-corrected chi connectivity index (χ2v) is 8.42. The number of sulfone groups is 1. The molecule has 152 valence electrons. The first-order valence-electron chi connectivity index (χ1n) is 8.67. The maximum Gasteiger partial charge on any atom is 1.00 e. The first kappa shape index (κ1) is 26.0. The molecule has 1 atom stereocenters. The minimum Gasteiger partial charge on any atom is -0.681 e. The Balaban J connectivity index is 0.00000420. The molecule has 0 bridgehead atoms. The summed E-state index contributed by atoms with van der Waals surface area (Å²) in [6, 6.07) is 11.3. The van der Waals surface area contributed by atoms with Crippen LogP contribution in [0.2, 0.25) is 0 Å². The predicted molar refractivity (Wildman–Crippen MR) is 109 cm³/mol. The number of aliphatic hydroxyl groups is 1. The fraction of sp³-hybridized carbons (Fsp3) is 0.300. The molecule has 0 saturated carbocycles. The molecule has 0 unspecified atom stereocenters. The van der Waals surface area contributed by atoms with E-state index in [4.69, 9.17) is 15.2 Å². The van der Waals surface area contributed by atoms with Gasteiger partial charge in [-0.3, -0.25) is 0 Å². The van der Waals surface area contributed by atoms with Crippen LogP contribution in [-0.4, -0.2) is 39.0 Å². The summed E-state index contributed by atoms with van der Waals surface area (Å²) in [6.07, 6.45) is 2.55. The van der Waals surface area contributed by atoms with E-state index in [2.05, 4.69) is 5.32 Å². The number of nitrogens with zero attached hydrogens (tertiary/aromatic N) is 1. The van der Waals surface area contributed by atoms with Crippen molar-refractivity contribution in [3.8, 4) is 17.2 Å². The van der Waals surface area contributed by atoms with Crippen molar-refractivity contribution in [1.29, 1.82) is 0 Å². The third-order valence-corrected chi connectivity index (χ3v) is 4.76. The normalized spacial score (nSPS) is 12.6. The molecule has 2 rings (SSSR count). The molecule has 29 heavy (non-hydrogen) atoms. The van der Waals surface area contributed by atoms with E-state index in [0.29, 0.717) is 35.2 Å². The van der Waals surface area contributed by atoms with Crippen LogP contribution in [0.1, 0.15) is 13.8 Å². The molecule has 0 amide bonds. The summed E-state index contributed by atoms with van der Waals surface area (Å²) in [6.45, 7) is 3.81. The third kappa shape index (κ3) is 9.08. The fourth-order valence-electron chi connectivity index (χ4n) is 2.23. The number of allylic oxidation sites excluding steroid dienone is 1. The molecule has 9 heteroatoms. The molecular formula is C20H25KN2O5S. The van der Waals surface area contributed by atoms with Crippen LogP contribution in [-0.2, 0) is 9.84 Å². The van der Waals surface area contributed by atoms with Crippen molar-refractivity contribution in [2.24, 2.45) is 5.73 Å². The molecule has 0 aliphatic carbocycles. The van der Waals surface area contributed by atoms with Gasteiger partial charge in [0.2, 0.25) is 0 Å². The molecule has 2 aromatic carbocycles. The van der Waals surface area contributed by atoms with Crippen molar-refractivity contribution >= 4 is 15.5 Å². The maximum absolute atomic E-state index is 11.6. The van der Waals surface area contributed by atoms with Gasteiger partial charge in [-0.1, -0.05) is 6.08 Å². The molecule has 0 aromatic heterocycles. The van der Waals surface area contributed by atoms with E-state index in [-0.39, 0.29) is 69.0 Å². The van der Waals surface area contributed by atoms with Gasteiger partial charge in [0.05, 0.1) is 11.5 Å². The molecule has 0 saturated heterocycles. The molecule has 0 fully saturated rings. The SMILES string of the molecule is C/C(N)=C/C[N-]c1cc(Oc2ccc(S(C)(=O)=O)cc2)cc(O[C@@H](C)CO)c1.[K+]. The molecular weight excluding hydrogens is 419 g/mol. The minimum atomic E-state index is -3.27. The van der Waals surface area contributed by atoms with Crippen LogP contribution in [0.15, 0.2) is 59.1 Å². The molecule has 0 spiro atoms. The minimum absolute atomic E-state index is 0. The number of nitrogens with two attached hydrogens (primary N) is 1. The van der Waals surface area contributed by atoms with Gasteiger partial charge in [0.25, 0.3) is 0 Å². The molecule has 3 N–H and O–H groups in total. The number of rotatable bonds is 9. The van der Waals surface area contributed by atoms with Crippen LogP contribution in [0.4, 0.5) is 5.69 Å². The van der Waals surface area contributed by atoms with Crippen molar-refractivity contribution in [2.75, 3.05) is 19.4 Å². The Morgan fingerprint density at radius 3 is 2.34 bits per heavy atom. The molecule has 0 aliphatic rings. The number of aliphatic hydroxyl groups excluding tert-OH is 1. The van der Waals surface area contributed by atoms with Gasteiger partial charge in [-0.15, -0.1) is 12.2 Å². The monoisotopic (exact) mass is 444 g/mol. The first-order chi connectivity index (χ1) is 13.2. The zero-order valence-corrected chi connectivity index (χ0v) is 21.1. The average molecular weight is 445 g/mol. The average Bonchev–Trinajstić information content (AvgIpc) is 2.61. The quantitative estimate of drug-likeness (QED) is 0.545. The van der Waals surface area contributed by atoms with Gasteiger partial charge in [-0.2, -0.15) is 0 Å². The predicted octanol–water partition coefficient (Wildman–Crippen LogP) is 0.514. The zero-order chi connectivity index (χ0) is 20.7. The summed E-state index contributed by atoms with van der Waals surface area (Å²) in [5.74, 6) is 1.45. The summed E-state index contributed by atoms with van der Waals surface area (Å²) in [4.78, 5) is 0.216. The van der Waals surface area contributed by atoms with Crippen molar-refractivity contribution in [3.05, 3.63) is 59.6 Å². The van der Waals surface area contributed by atoms with Crippen molar-refractivity contribution < 1.29 is 74.4 Å². The van der Waals surface area contributed by atoms with Crippen molar-refractivity contribution in [2.45, 2.75) is 24.8 Å². The molecule has 0 radical (unpaired) electrons. The van der Waals surface area contributed by atoms with Gasteiger partial charge in [-0.25, -0.2) is 8.42 Å². The van der Waals surface area contributed by atoms with Gasteiger partial charge >= 0.3 is 51.4 Å². The van der Waals surface area contributed by atoms with Crippen molar-refractivity contribution in [1.82, 2.24) is 0 Å². The Morgan fingerprint density at radius 2 is 1.79 bits per heavy atom. The first-order valence-corrected chi connectivity index (χ1v) is 10.6. The van der Waals surface area contributed by atoms with Crippen molar-refractivity contribution in [3.63, 3.8) is 0 Å². The smallest absolute Gasteiger partial charge is 0.681 e. The molecule has 2 aromatic rings. The number of hydrogen-bond acceptors (Lipinski definition) is 6. The van der Waals surface area contributed by atoms with E-state index in [1.54, 1.807) is 50.3 Å². The van der Waals surface area contributed by atoms with Gasteiger partial charge < -0.3 is 25.6 Å². The summed E-state index contributed by atoms with van der Waals surface area (Å²) in [5.41, 5.74) is 6.93. The van der Waals surface area contributed by atoms with Gasteiger partial charge in [0, 0.05) is 12.3 Å². The zero-order valence-electron chi connectivity index (χ0n) is 17.1. The Hall–Kier alpha value is -1.07. The van der Waals surface area contributed by atoms with Crippen LogP contribution >= 0.6 is 0 Å². The van der Waals surface area contributed by atoms with E-state index in [9.17, 15) is 13.5 Å². The second kappa shape index (κ2) is 11.9. The van der Waals surface area contributed by atoms with Crippen LogP contribution in [0.3, 0.4) is 0 Å². The maximum atomic E-state index is 11.6. The fourth-order valence-corrected chi connectivity index (χ4v) is 2.86. The summed E-state index contributed by atoms with van der Waals surface area (Å²) >= 11 is 0. The van der Waals surface area contributed by atoms with E-state index in [0.717, 1.165) is 6.26 Å². The van der Waals surface area contributed by atoms with E-state index in [1.807, 2.05) is 0 Å². The van der Waals surface area contributed by atoms with Gasteiger partial charge in [0.15, 0.2) is 9.84 Å². The number of ether oxygens (including phenoxy) is 2.